The van der Waals surface area contributed by atoms with Crippen LogP contribution in [0.4, 0.5) is 0 Å². The second kappa shape index (κ2) is 4.78. The van der Waals surface area contributed by atoms with E-state index in [1.165, 1.54) is 6.42 Å². The van der Waals surface area contributed by atoms with E-state index in [1.807, 2.05) is 0 Å². The second-order valence-electron chi connectivity index (χ2n) is 2.00. The molecule has 0 unspecified atom stereocenters. The minimum atomic E-state index is 0.0680. The molecule has 0 atom stereocenters. The molecule has 0 aromatic rings. The highest BCUT2D eigenvalue weighted by Gasteiger charge is 1.94. The van der Waals surface area contributed by atoms with Crippen LogP contribution in [-0.4, -0.2) is 5.91 Å². The highest BCUT2D eigenvalue weighted by atomic mass is 16.1. The third-order valence-electron chi connectivity index (χ3n) is 1.06. The van der Waals surface area contributed by atoms with Crippen LogP contribution >= 0.6 is 0 Å². The Labute approximate surface area is 50.1 Å². The highest BCUT2D eigenvalue weighted by molar-refractivity contribution is 5.63. The van der Waals surface area contributed by atoms with Crippen LogP contribution in [0.2, 0.25) is 0 Å². The Morgan fingerprint density at radius 1 is 1.50 bits per heavy atom. The Kier molecular flexibility index (Phi) is 4.56. The Bertz CT molecular complexity index is 70.9. The van der Waals surface area contributed by atoms with Gasteiger partial charge in [-0.25, -0.2) is 4.79 Å². The van der Waals surface area contributed by atoms with Gasteiger partial charge in [-0.05, 0) is 6.42 Å². The maximum Gasteiger partial charge on any atom is 0.308 e. The van der Waals surface area contributed by atoms with Crippen LogP contribution in [0.25, 0.3) is 0 Å². The zero-order valence-corrected chi connectivity index (χ0v) is 5.44. The van der Waals surface area contributed by atoms with E-state index in [2.05, 4.69) is 12.7 Å². The summed E-state index contributed by atoms with van der Waals surface area (Å²) < 4.78 is 0. The molecule has 0 aromatic carbocycles. The minimum absolute atomic E-state index is 0.0680. The minimum Gasteiger partial charge on any atom is -0.295 e. The average molecular weight is 116 g/mol. The number of carbonyl (C=O) groups excluding carboxylic acids is 1. The lowest BCUT2D eigenvalue weighted by Crippen LogP contribution is -2.56. The summed E-state index contributed by atoms with van der Waals surface area (Å²) in [6, 6.07) is 0. The van der Waals surface area contributed by atoms with Crippen LogP contribution in [0.3, 0.4) is 0 Å². The molecule has 0 radical (unpaired) electrons. The largest absolute Gasteiger partial charge is 0.308 e. The Morgan fingerprint density at radius 3 is 2.50 bits per heavy atom. The Morgan fingerprint density at radius 2 is 2.12 bits per heavy atom. The van der Waals surface area contributed by atoms with Crippen molar-refractivity contribution in [2.24, 2.45) is 0 Å². The molecule has 0 saturated heterocycles. The second-order valence-corrected chi connectivity index (χ2v) is 2.00. The fraction of sp³-hybridized carbons (Fsp3) is 0.833. The summed E-state index contributed by atoms with van der Waals surface area (Å²) in [7, 11) is 0. The molecule has 3 N–H and O–H groups in total. The molecule has 0 fully saturated rings. The predicted octanol–water partition coefficient (Wildman–Crippen LogP) is 0.335. The molecule has 0 aliphatic carbocycles. The van der Waals surface area contributed by atoms with E-state index in [-0.39, 0.29) is 5.91 Å². The Hall–Kier alpha value is -0.370. The van der Waals surface area contributed by atoms with Crippen molar-refractivity contribution in [3.63, 3.8) is 0 Å². The van der Waals surface area contributed by atoms with Crippen LogP contribution in [0, 0.1) is 0 Å². The van der Waals surface area contributed by atoms with Crippen molar-refractivity contribution < 1.29 is 10.5 Å². The third kappa shape index (κ3) is 5.63. The number of carbonyl (C=O) groups is 1. The van der Waals surface area contributed by atoms with Gasteiger partial charge in [0.15, 0.2) is 0 Å². The van der Waals surface area contributed by atoms with Crippen molar-refractivity contribution in [1.29, 1.82) is 0 Å². The number of quaternary nitrogens is 1. The molecule has 0 aliphatic heterocycles. The van der Waals surface area contributed by atoms with Gasteiger partial charge in [0.05, 0.1) is 6.42 Å². The van der Waals surface area contributed by atoms with Crippen LogP contribution in [0.1, 0.15) is 32.6 Å². The molecule has 0 aromatic heterocycles. The lowest BCUT2D eigenvalue weighted by Gasteiger charge is -1.88. The fourth-order valence-electron chi connectivity index (χ4n) is 0.572. The number of hydrogen-bond donors (Lipinski definition) is 1. The summed E-state index contributed by atoms with van der Waals surface area (Å²) in [6.45, 7) is 2.12. The molecule has 2 heteroatoms. The van der Waals surface area contributed by atoms with Gasteiger partial charge in [0.1, 0.15) is 0 Å². The van der Waals surface area contributed by atoms with Crippen LogP contribution in [0.5, 0.6) is 0 Å². The summed E-state index contributed by atoms with van der Waals surface area (Å²) in [6.07, 6.45) is 4.00. The first-order chi connectivity index (χ1) is 3.77. The molecule has 0 rings (SSSR count). The molecule has 0 aliphatic rings. The van der Waals surface area contributed by atoms with Gasteiger partial charge in [0, 0.05) is 0 Å². The van der Waals surface area contributed by atoms with E-state index in [4.69, 9.17) is 0 Å². The first kappa shape index (κ1) is 7.63. The van der Waals surface area contributed by atoms with Crippen LogP contribution < -0.4 is 5.73 Å². The standard InChI is InChI=1S/C6H13NO/c1-2-3-4-5-6(7)8/h2-5H2,1H3,(H2,7,8)/p+1. The van der Waals surface area contributed by atoms with Gasteiger partial charge < -0.3 is 0 Å². The summed E-state index contributed by atoms with van der Waals surface area (Å²) >= 11 is 0. The normalized spacial score (nSPS) is 9.25. The van der Waals surface area contributed by atoms with Crippen molar-refractivity contribution in [3.05, 3.63) is 0 Å². The molecule has 0 saturated carbocycles. The Balaban J connectivity index is 2.82. The SMILES string of the molecule is CCCCCC([NH3+])=O. The summed E-state index contributed by atoms with van der Waals surface area (Å²) in [4.78, 5) is 10.2. The molecular weight excluding hydrogens is 102 g/mol. The predicted molar refractivity (Wildman–Crippen MR) is 32.0 cm³/mol. The quantitative estimate of drug-likeness (QED) is 0.529. The lowest BCUT2D eigenvalue weighted by atomic mass is 10.2. The van der Waals surface area contributed by atoms with Crippen molar-refractivity contribution >= 4 is 5.91 Å². The maximum absolute atomic E-state index is 10.2. The maximum atomic E-state index is 10.2. The van der Waals surface area contributed by atoms with Gasteiger partial charge in [-0.15, -0.1) is 0 Å². The summed E-state index contributed by atoms with van der Waals surface area (Å²) in [5.74, 6) is 0.0680. The molecular formula is C6H14NO+. The summed E-state index contributed by atoms with van der Waals surface area (Å²) in [5, 5.41) is 0. The van der Waals surface area contributed by atoms with E-state index in [0.717, 1.165) is 12.8 Å². The van der Waals surface area contributed by atoms with Gasteiger partial charge in [0.25, 0.3) is 0 Å². The van der Waals surface area contributed by atoms with Crippen molar-refractivity contribution in [2.45, 2.75) is 32.6 Å². The van der Waals surface area contributed by atoms with Crippen molar-refractivity contribution in [3.8, 4) is 0 Å². The van der Waals surface area contributed by atoms with E-state index in [9.17, 15) is 4.79 Å². The number of amides is 1. The first-order valence-corrected chi connectivity index (χ1v) is 3.12. The molecule has 2 nitrogen and oxygen atoms in total. The molecule has 8 heavy (non-hydrogen) atoms. The highest BCUT2D eigenvalue weighted by Crippen LogP contribution is 1.95. The van der Waals surface area contributed by atoms with Gasteiger partial charge >= 0.3 is 5.91 Å². The van der Waals surface area contributed by atoms with E-state index in [0.29, 0.717) is 6.42 Å². The first-order valence-electron chi connectivity index (χ1n) is 3.12. The van der Waals surface area contributed by atoms with Gasteiger partial charge in [-0.3, -0.25) is 5.73 Å². The van der Waals surface area contributed by atoms with Crippen LogP contribution in [0.15, 0.2) is 0 Å². The molecule has 0 spiro atoms. The number of unbranched alkanes of at least 4 members (excludes halogenated alkanes) is 2. The fourth-order valence-corrected chi connectivity index (χ4v) is 0.572. The third-order valence-corrected chi connectivity index (χ3v) is 1.06. The van der Waals surface area contributed by atoms with Crippen molar-refractivity contribution in [1.82, 2.24) is 0 Å². The van der Waals surface area contributed by atoms with E-state index < -0.39 is 0 Å². The molecule has 0 heterocycles. The zero-order chi connectivity index (χ0) is 6.41. The topological polar surface area (TPSA) is 44.7 Å². The van der Waals surface area contributed by atoms with Gasteiger partial charge in [-0.1, -0.05) is 19.8 Å². The van der Waals surface area contributed by atoms with E-state index >= 15 is 0 Å². The van der Waals surface area contributed by atoms with Gasteiger partial charge in [-0.2, -0.15) is 0 Å². The average Bonchev–Trinajstić information content (AvgIpc) is 1.66. The van der Waals surface area contributed by atoms with Crippen molar-refractivity contribution in [2.75, 3.05) is 0 Å². The van der Waals surface area contributed by atoms with Gasteiger partial charge in [0.2, 0.25) is 0 Å². The zero-order valence-electron chi connectivity index (χ0n) is 5.44. The molecule has 48 valence electrons. The van der Waals surface area contributed by atoms with Crippen LogP contribution in [-0.2, 0) is 4.79 Å². The lowest BCUT2D eigenvalue weighted by molar-refractivity contribution is -0.305. The number of hydrogen-bond acceptors (Lipinski definition) is 1. The summed E-state index contributed by atoms with van der Waals surface area (Å²) in [5.41, 5.74) is 3.27. The number of rotatable bonds is 4. The molecule has 0 bridgehead atoms. The molecule has 1 amide bonds. The monoisotopic (exact) mass is 116 g/mol. The van der Waals surface area contributed by atoms with E-state index in [1.54, 1.807) is 0 Å². The smallest absolute Gasteiger partial charge is 0.295 e.